The number of nitrogens with two attached hydrogens (primary N) is 1. The standard InChI is InChI=1S/C29H26ClN3.CH5N/c1-19-8-10-21(11-9-19)29(28-17-31-18-32(28)3)23-12-13-27-26(16-23)25(14-20(2)33(27)4)22-6-5-7-24(30)15-22;1-2/h5-18,29H,2H2,1,3-4H3;2H2,1H3. The van der Waals surface area contributed by atoms with Crippen molar-refractivity contribution in [3.05, 3.63) is 136 Å². The lowest BCUT2D eigenvalue weighted by Crippen LogP contribution is -2.20. The zero-order chi connectivity index (χ0) is 25.1. The molecule has 4 aromatic rings. The van der Waals surface area contributed by atoms with E-state index in [2.05, 4.69) is 102 Å². The second kappa shape index (κ2) is 10.3. The molecule has 178 valence electrons. The van der Waals surface area contributed by atoms with Crippen LogP contribution < -0.4 is 10.6 Å². The van der Waals surface area contributed by atoms with E-state index in [1.54, 1.807) is 0 Å². The van der Waals surface area contributed by atoms with Crippen LogP contribution in [0.2, 0.25) is 5.02 Å². The summed E-state index contributed by atoms with van der Waals surface area (Å²) >= 11 is 6.35. The number of allylic oxidation sites excluding steroid dienone is 1. The monoisotopic (exact) mass is 482 g/mol. The van der Waals surface area contributed by atoms with Gasteiger partial charge in [-0.15, -0.1) is 0 Å². The maximum Gasteiger partial charge on any atom is 0.0945 e. The number of benzene rings is 3. The SMILES string of the molecule is C=C1C=C(c2cccc(Cl)c2)c2cc(C(c3ccc(C)cc3)c3cncn3C)ccc2N1C.CN. The van der Waals surface area contributed by atoms with Crippen LogP contribution in [0.4, 0.5) is 5.69 Å². The van der Waals surface area contributed by atoms with Crippen LogP contribution >= 0.6 is 11.6 Å². The number of aromatic nitrogens is 2. The van der Waals surface area contributed by atoms with Crippen LogP contribution in [0.5, 0.6) is 0 Å². The quantitative estimate of drug-likeness (QED) is 0.359. The van der Waals surface area contributed by atoms with Crippen LogP contribution in [0, 0.1) is 6.92 Å². The molecule has 0 fully saturated rings. The second-order valence-corrected chi connectivity index (χ2v) is 9.10. The number of halogens is 1. The summed E-state index contributed by atoms with van der Waals surface area (Å²) < 4.78 is 2.10. The van der Waals surface area contributed by atoms with Gasteiger partial charge in [-0.3, -0.25) is 0 Å². The Bertz CT molecular complexity index is 1380. The molecule has 1 aliphatic rings. The van der Waals surface area contributed by atoms with Gasteiger partial charge in [0.05, 0.1) is 12.2 Å². The first-order valence-electron chi connectivity index (χ1n) is 11.6. The summed E-state index contributed by atoms with van der Waals surface area (Å²) in [6, 6.07) is 23.5. The minimum absolute atomic E-state index is 0.0689. The molecule has 3 aromatic carbocycles. The first-order chi connectivity index (χ1) is 16.9. The van der Waals surface area contributed by atoms with Gasteiger partial charge in [0.2, 0.25) is 0 Å². The normalized spacial score (nSPS) is 13.5. The number of nitrogens with zero attached hydrogens (tertiary/aromatic N) is 3. The van der Waals surface area contributed by atoms with E-state index in [9.17, 15) is 0 Å². The molecular weight excluding hydrogens is 452 g/mol. The molecular formula is C30H31ClN4. The molecule has 35 heavy (non-hydrogen) atoms. The van der Waals surface area contributed by atoms with Crippen molar-refractivity contribution in [2.45, 2.75) is 12.8 Å². The maximum absolute atomic E-state index is 6.35. The van der Waals surface area contributed by atoms with Crippen molar-refractivity contribution in [3.8, 4) is 0 Å². The Kier molecular flexibility index (Phi) is 7.25. The van der Waals surface area contributed by atoms with Crippen molar-refractivity contribution in [3.63, 3.8) is 0 Å². The maximum atomic E-state index is 6.35. The number of hydrogen-bond donors (Lipinski definition) is 1. The average Bonchev–Trinajstić information content (AvgIpc) is 3.29. The van der Waals surface area contributed by atoms with Gasteiger partial charge in [0.25, 0.3) is 0 Å². The fraction of sp³-hybridized carbons (Fsp3) is 0.167. The van der Waals surface area contributed by atoms with Gasteiger partial charge in [-0.25, -0.2) is 4.98 Å². The molecule has 1 aliphatic heterocycles. The molecule has 0 amide bonds. The number of imidazole rings is 1. The lowest BCUT2D eigenvalue weighted by Gasteiger charge is -2.31. The first-order valence-corrected chi connectivity index (χ1v) is 12.0. The second-order valence-electron chi connectivity index (χ2n) is 8.67. The number of anilines is 1. The Hall–Kier alpha value is -3.60. The van der Waals surface area contributed by atoms with Crippen LogP contribution in [-0.4, -0.2) is 23.6 Å². The Labute approximate surface area is 213 Å². The Morgan fingerprint density at radius 2 is 1.66 bits per heavy atom. The fourth-order valence-electron chi connectivity index (χ4n) is 4.57. The molecule has 1 unspecified atom stereocenters. The topological polar surface area (TPSA) is 47.1 Å². The molecule has 1 atom stereocenters. The molecule has 0 bridgehead atoms. The third kappa shape index (κ3) is 4.81. The van der Waals surface area contributed by atoms with Crippen molar-refractivity contribution in [2.75, 3.05) is 19.0 Å². The fourth-order valence-corrected chi connectivity index (χ4v) is 4.76. The van der Waals surface area contributed by atoms with E-state index in [4.69, 9.17) is 11.6 Å². The molecule has 0 aliphatic carbocycles. The van der Waals surface area contributed by atoms with Gasteiger partial charge in [-0.1, -0.05) is 66.2 Å². The summed E-state index contributed by atoms with van der Waals surface area (Å²) in [6.45, 7) is 6.38. The summed E-state index contributed by atoms with van der Waals surface area (Å²) in [5, 5.41) is 0.725. The van der Waals surface area contributed by atoms with Gasteiger partial charge in [0.1, 0.15) is 0 Å². The van der Waals surface area contributed by atoms with E-state index < -0.39 is 0 Å². The van der Waals surface area contributed by atoms with Crippen LogP contribution in [0.3, 0.4) is 0 Å². The van der Waals surface area contributed by atoms with E-state index in [1.165, 1.54) is 29.3 Å². The van der Waals surface area contributed by atoms with Crippen molar-refractivity contribution < 1.29 is 0 Å². The molecule has 0 saturated heterocycles. The molecule has 0 spiro atoms. The zero-order valence-electron chi connectivity index (χ0n) is 20.7. The lowest BCUT2D eigenvalue weighted by atomic mass is 9.84. The highest BCUT2D eigenvalue weighted by Gasteiger charge is 2.25. The summed E-state index contributed by atoms with van der Waals surface area (Å²) in [4.78, 5) is 6.55. The Balaban J connectivity index is 0.00000141. The van der Waals surface area contributed by atoms with Crippen LogP contribution in [-0.2, 0) is 7.05 Å². The molecule has 5 rings (SSSR count). The zero-order valence-corrected chi connectivity index (χ0v) is 21.4. The number of rotatable bonds is 4. The van der Waals surface area contributed by atoms with E-state index in [1.807, 2.05) is 30.7 Å². The summed E-state index contributed by atoms with van der Waals surface area (Å²) in [5.74, 6) is 0.0689. The highest BCUT2D eigenvalue weighted by atomic mass is 35.5. The molecule has 5 heteroatoms. The summed E-state index contributed by atoms with van der Waals surface area (Å²) in [5.41, 5.74) is 14.8. The van der Waals surface area contributed by atoms with E-state index in [0.29, 0.717) is 0 Å². The number of likely N-dealkylation sites (N-methyl/N-ethyl adjacent to an activating group) is 1. The van der Waals surface area contributed by atoms with Gasteiger partial charge >= 0.3 is 0 Å². The largest absolute Gasteiger partial charge is 0.345 e. The molecule has 0 radical (unpaired) electrons. The van der Waals surface area contributed by atoms with Crippen LogP contribution in [0.25, 0.3) is 5.57 Å². The predicted molar refractivity (Wildman–Crippen MR) is 148 cm³/mol. The lowest BCUT2D eigenvalue weighted by molar-refractivity contribution is 0.792. The van der Waals surface area contributed by atoms with Crippen molar-refractivity contribution in [1.82, 2.24) is 9.55 Å². The van der Waals surface area contributed by atoms with E-state index in [0.717, 1.165) is 33.2 Å². The third-order valence-electron chi connectivity index (χ3n) is 6.44. The van der Waals surface area contributed by atoms with Gasteiger partial charge in [0, 0.05) is 48.0 Å². The first kappa shape index (κ1) is 24.5. The van der Waals surface area contributed by atoms with E-state index >= 15 is 0 Å². The molecule has 2 N–H and O–H groups in total. The molecule has 4 nitrogen and oxygen atoms in total. The van der Waals surface area contributed by atoms with Gasteiger partial charge in [-0.2, -0.15) is 0 Å². The van der Waals surface area contributed by atoms with Crippen molar-refractivity contribution in [1.29, 1.82) is 0 Å². The highest BCUT2D eigenvalue weighted by Crippen LogP contribution is 2.42. The third-order valence-corrected chi connectivity index (χ3v) is 6.68. The Morgan fingerprint density at radius 3 is 2.31 bits per heavy atom. The number of fused-ring (bicyclic) bond motifs is 1. The smallest absolute Gasteiger partial charge is 0.0945 e. The van der Waals surface area contributed by atoms with Gasteiger partial charge in [0.15, 0.2) is 0 Å². The Morgan fingerprint density at radius 1 is 0.943 bits per heavy atom. The van der Waals surface area contributed by atoms with Crippen molar-refractivity contribution in [2.24, 2.45) is 12.8 Å². The van der Waals surface area contributed by atoms with Crippen LogP contribution in [0.1, 0.15) is 39.4 Å². The summed E-state index contributed by atoms with van der Waals surface area (Å²) in [7, 11) is 5.61. The number of hydrogen-bond acceptors (Lipinski definition) is 3. The predicted octanol–water partition coefficient (Wildman–Crippen LogP) is 6.53. The summed E-state index contributed by atoms with van der Waals surface area (Å²) in [6.07, 6.45) is 5.97. The van der Waals surface area contributed by atoms with Crippen molar-refractivity contribution >= 4 is 22.9 Å². The molecule has 0 saturated carbocycles. The van der Waals surface area contributed by atoms with Crippen LogP contribution in [0.15, 0.2) is 97.6 Å². The van der Waals surface area contributed by atoms with Gasteiger partial charge < -0.3 is 15.2 Å². The number of aryl methyl sites for hydroxylation is 2. The average molecular weight is 483 g/mol. The van der Waals surface area contributed by atoms with E-state index in [-0.39, 0.29) is 5.92 Å². The molecule has 2 heterocycles. The molecule has 1 aromatic heterocycles. The highest BCUT2D eigenvalue weighted by molar-refractivity contribution is 6.30. The minimum Gasteiger partial charge on any atom is -0.345 e. The minimum atomic E-state index is 0.0689. The van der Waals surface area contributed by atoms with Gasteiger partial charge in [-0.05, 0) is 66.6 Å².